The van der Waals surface area contributed by atoms with E-state index in [2.05, 4.69) is 4.40 Å². The number of sulfonamides is 1. The van der Waals surface area contributed by atoms with E-state index in [1.54, 1.807) is 30.3 Å². The standard InChI is InChI=1S/C33H29N2O3PS/c1-26-21-23-32(24-22-26)40(36,37)35-33(38-28-14-12-13-27(2)25-28)34-39(29-15-6-3-7-16-29,30-17-8-4-9-18-30)31-19-10-5-11-20-31/h3-25H,1-2H3/b35-33-. The zero-order chi connectivity index (χ0) is 28.0. The van der Waals surface area contributed by atoms with E-state index < -0.39 is 17.1 Å². The molecular formula is C33H29N2O3PS. The first-order chi connectivity index (χ1) is 19.4. The number of aryl methyl sites for hydroxylation is 2. The number of ether oxygens (including phenoxy) is 1. The molecule has 0 radical (unpaired) electrons. The van der Waals surface area contributed by atoms with E-state index in [0.717, 1.165) is 27.0 Å². The van der Waals surface area contributed by atoms with E-state index in [-0.39, 0.29) is 10.9 Å². The molecule has 0 amide bonds. The van der Waals surface area contributed by atoms with Gasteiger partial charge in [0.25, 0.3) is 10.0 Å². The molecule has 5 rings (SSSR count). The number of benzene rings is 5. The third-order valence-electron chi connectivity index (χ3n) is 6.34. The van der Waals surface area contributed by atoms with Crippen LogP contribution in [-0.2, 0) is 10.0 Å². The molecule has 0 bridgehead atoms. The smallest absolute Gasteiger partial charge is 0.332 e. The molecule has 0 aliphatic heterocycles. The van der Waals surface area contributed by atoms with Crippen molar-refractivity contribution in [3.63, 3.8) is 0 Å². The van der Waals surface area contributed by atoms with Crippen molar-refractivity contribution < 1.29 is 13.2 Å². The van der Waals surface area contributed by atoms with Gasteiger partial charge >= 0.3 is 6.02 Å². The fourth-order valence-corrected chi connectivity index (χ4v) is 8.71. The molecule has 0 spiro atoms. The summed E-state index contributed by atoms with van der Waals surface area (Å²) in [6.07, 6.45) is 0. The van der Waals surface area contributed by atoms with Gasteiger partial charge in [0.05, 0.1) is 11.9 Å². The molecule has 5 aromatic carbocycles. The highest BCUT2D eigenvalue weighted by atomic mass is 32.2. The molecule has 0 saturated carbocycles. The third kappa shape index (κ3) is 5.99. The Labute approximate surface area is 236 Å². The summed E-state index contributed by atoms with van der Waals surface area (Å²) in [4.78, 5) is 0.0710. The Morgan fingerprint density at radius 1 is 0.600 bits per heavy atom. The maximum atomic E-state index is 13.6. The first-order valence-corrected chi connectivity index (χ1v) is 16.0. The normalized spacial score (nSPS) is 12.1. The van der Waals surface area contributed by atoms with Gasteiger partial charge in [0.2, 0.25) is 0 Å². The van der Waals surface area contributed by atoms with E-state index in [1.165, 1.54) is 0 Å². The Morgan fingerprint density at radius 3 is 1.57 bits per heavy atom. The van der Waals surface area contributed by atoms with Crippen LogP contribution in [-0.4, -0.2) is 14.4 Å². The highest BCUT2D eigenvalue weighted by molar-refractivity contribution is 7.90. The summed E-state index contributed by atoms with van der Waals surface area (Å²) in [6, 6.07) is 43.5. The summed E-state index contributed by atoms with van der Waals surface area (Å²) in [6.45, 7) is 3.85. The van der Waals surface area contributed by atoms with Crippen LogP contribution in [0.4, 0.5) is 0 Å². The Morgan fingerprint density at radius 2 is 1.10 bits per heavy atom. The van der Waals surface area contributed by atoms with Gasteiger partial charge in [-0.3, -0.25) is 0 Å². The van der Waals surface area contributed by atoms with E-state index in [9.17, 15) is 8.42 Å². The number of hydrogen-bond donors (Lipinski definition) is 0. The van der Waals surface area contributed by atoms with Gasteiger partial charge in [-0.05, 0) is 43.7 Å². The quantitative estimate of drug-likeness (QED) is 0.133. The number of amidine groups is 1. The molecule has 5 aromatic rings. The minimum Gasteiger partial charge on any atom is -0.424 e. The lowest BCUT2D eigenvalue weighted by atomic mass is 10.2. The van der Waals surface area contributed by atoms with Crippen molar-refractivity contribution in [2.45, 2.75) is 18.7 Å². The maximum absolute atomic E-state index is 13.6. The molecule has 0 fully saturated rings. The monoisotopic (exact) mass is 564 g/mol. The molecule has 0 aliphatic carbocycles. The van der Waals surface area contributed by atoms with Crippen LogP contribution in [0.1, 0.15) is 11.1 Å². The van der Waals surface area contributed by atoms with Crippen LogP contribution in [0.15, 0.2) is 154 Å². The van der Waals surface area contributed by atoms with E-state index in [0.29, 0.717) is 5.75 Å². The summed E-state index contributed by atoms with van der Waals surface area (Å²) in [5.74, 6) is 0.453. The molecule has 7 heteroatoms. The number of hydrogen-bond acceptors (Lipinski definition) is 3. The van der Waals surface area contributed by atoms with Gasteiger partial charge in [0.1, 0.15) is 5.75 Å². The van der Waals surface area contributed by atoms with Crippen LogP contribution in [0.5, 0.6) is 5.75 Å². The van der Waals surface area contributed by atoms with Crippen molar-refractivity contribution in [3.8, 4) is 5.75 Å². The lowest BCUT2D eigenvalue weighted by Gasteiger charge is -2.26. The maximum Gasteiger partial charge on any atom is 0.332 e. The fourth-order valence-electron chi connectivity index (χ4n) is 4.39. The molecule has 0 unspecified atom stereocenters. The molecule has 200 valence electrons. The lowest BCUT2D eigenvalue weighted by Crippen LogP contribution is -2.27. The third-order valence-corrected chi connectivity index (χ3v) is 11.2. The number of nitrogens with zero attached hydrogens (tertiary/aromatic N) is 2. The predicted octanol–water partition coefficient (Wildman–Crippen LogP) is 6.60. The summed E-state index contributed by atoms with van der Waals surface area (Å²) < 4.78 is 42.9. The van der Waals surface area contributed by atoms with Crippen LogP contribution >= 0.6 is 7.05 Å². The van der Waals surface area contributed by atoms with Crippen LogP contribution < -0.4 is 20.7 Å². The van der Waals surface area contributed by atoms with Gasteiger partial charge in [0.15, 0.2) is 0 Å². The topological polar surface area (TPSA) is 68.1 Å². The zero-order valence-corrected chi connectivity index (χ0v) is 24.0. The predicted molar refractivity (Wildman–Crippen MR) is 165 cm³/mol. The van der Waals surface area contributed by atoms with Gasteiger partial charge in [0, 0.05) is 15.9 Å². The van der Waals surface area contributed by atoms with Gasteiger partial charge < -0.3 is 4.74 Å². The highest BCUT2D eigenvalue weighted by Gasteiger charge is 2.29. The molecule has 5 nitrogen and oxygen atoms in total. The van der Waals surface area contributed by atoms with Crippen molar-refractivity contribution in [2.24, 2.45) is 9.14 Å². The van der Waals surface area contributed by atoms with Crippen molar-refractivity contribution in [2.75, 3.05) is 0 Å². The lowest BCUT2D eigenvalue weighted by molar-refractivity contribution is 0.542. The Bertz CT molecular complexity index is 1680. The van der Waals surface area contributed by atoms with Crippen LogP contribution in [0.25, 0.3) is 0 Å². The summed E-state index contributed by atoms with van der Waals surface area (Å²) in [5.41, 5.74) is 1.92. The molecule has 0 aromatic heterocycles. The van der Waals surface area contributed by atoms with Crippen molar-refractivity contribution in [1.29, 1.82) is 0 Å². The summed E-state index contributed by atoms with van der Waals surface area (Å²) >= 11 is 0. The van der Waals surface area contributed by atoms with Gasteiger partial charge in [-0.1, -0.05) is 121 Å². The fraction of sp³-hybridized carbons (Fsp3) is 0.0606. The Balaban J connectivity index is 1.85. The van der Waals surface area contributed by atoms with E-state index >= 15 is 0 Å². The average Bonchev–Trinajstić information content (AvgIpc) is 2.97. The molecule has 0 heterocycles. The Kier molecular flexibility index (Phi) is 8.11. The van der Waals surface area contributed by atoms with Gasteiger partial charge in [-0.2, -0.15) is 8.42 Å². The minimum atomic E-state index is -4.14. The van der Waals surface area contributed by atoms with Crippen molar-refractivity contribution >= 4 is 39.0 Å². The summed E-state index contributed by atoms with van der Waals surface area (Å²) in [5, 5.41) is 2.84. The second kappa shape index (κ2) is 11.9. The molecule has 0 aliphatic rings. The van der Waals surface area contributed by atoms with E-state index in [1.807, 2.05) is 123 Å². The molecular weight excluding hydrogens is 535 g/mol. The molecule has 0 atom stereocenters. The van der Waals surface area contributed by atoms with E-state index in [4.69, 9.17) is 9.48 Å². The van der Waals surface area contributed by atoms with Crippen LogP contribution in [0.3, 0.4) is 0 Å². The summed E-state index contributed by atoms with van der Waals surface area (Å²) in [7, 11) is -6.98. The first kappa shape index (κ1) is 27.3. The van der Waals surface area contributed by atoms with Crippen LogP contribution in [0, 0.1) is 13.8 Å². The van der Waals surface area contributed by atoms with Crippen LogP contribution in [0.2, 0.25) is 0 Å². The van der Waals surface area contributed by atoms with Gasteiger partial charge in [-0.25, -0.2) is 4.74 Å². The minimum absolute atomic E-state index is 0.0710. The number of rotatable bonds is 6. The second-order valence-electron chi connectivity index (χ2n) is 9.32. The first-order valence-electron chi connectivity index (χ1n) is 12.8. The largest absolute Gasteiger partial charge is 0.424 e. The molecule has 0 saturated heterocycles. The second-order valence-corrected chi connectivity index (χ2v) is 13.9. The van der Waals surface area contributed by atoms with Crippen molar-refractivity contribution in [3.05, 3.63) is 151 Å². The zero-order valence-electron chi connectivity index (χ0n) is 22.3. The molecule has 40 heavy (non-hydrogen) atoms. The average molecular weight is 565 g/mol. The molecule has 0 N–H and O–H groups in total. The Hall–Kier alpha value is -4.25. The van der Waals surface area contributed by atoms with Crippen molar-refractivity contribution in [1.82, 2.24) is 0 Å². The van der Waals surface area contributed by atoms with Gasteiger partial charge in [-0.15, -0.1) is 4.40 Å². The highest BCUT2D eigenvalue weighted by Crippen LogP contribution is 2.46. The SMILES string of the molecule is Cc1ccc(S(=O)(=O)/N=C(/N=P(c2ccccc2)(c2ccccc2)c2ccccc2)Oc2cccc(C)c2)cc1.